The number of hydrogen-bond donors (Lipinski definition) is 1. The zero-order chi connectivity index (χ0) is 13.4. The Morgan fingerprint density at radius 2 is 1.95 bits per heavy atom. The summed E-state index contributed by atoms with van der Waals surface area (Å²) in [5.74, 6) is 0. The van der Waals surface area contributed by atoms with Crippen LogP contribution >= 0.6 is 23.5 Å². The van der Waals surface area contributed by atoms with Gasteiger partial charge in [0.1, 0.15) is 0 Å². The maximum atomic E-state index is 10.5. The minimum Gasteiger partial charge on any atom is -0.388 e. The first-order valence-corrected chi connectivity index (χ1v) is 8.35. The molecule has 0 saturated heterocycles. The highest BCUT2D eigenvalue weighted by Gasteiger charge is 2.21. The summed E-state index contributed by atoms with van der Waals surface area (Å²) in [6.07, 6.45) is 2.36. The van der Waals surface area contributed by atoms with E-state index in [1.54, 1.807) is 23.5 Å². The van der Waals surface area contributed by atoms with Crippen molar-refractivity contribution >= 4 is 23.5 Å². The molecule has 98 valence electrons. The van der Waals surface area contributed by atoms with Crippen molar-refractivity contribution in [2.45, 2.75) is 34.1 Å². The van der Waals surface area contributed by atoms with Crippen molar-refractivity contribution in [1.29, 1.82) is 0 Å². The molecular weight excluding hydrogens is 272 g/mol. The van der Waals surface area contributed by atoms with E-state index in [1.165, 1.54) is 25.8 Å². The molecule has 0 fully saturated rings. The number of hydrogen-bond acceptors (Lipinski definition) is 3. The van der Waals surface area contributed by atoms with Gasteiger partial charge in [0.05, 0.1) is 6.10 Å². The maximum Gasteiger partial charge on any atom is 0.0842 e. The summed E-state index contributed by atoms with van der Waals surface area (Å²) >= 11 is 3.48. The van der Waals surface area contributed by atoms with Gasteiger partial charge in [-0.15, -0.1) is 11.8 Å². The van der Waals surface area contributed by atoms with Gasteiger partial charge in [-0.25, -0.2) is 0 Å². The van der Waals surface area contributed by atoms with Gasteiger partial charge in [0.15, 0.2) is 0 Å². The SMILES string of the molecule is CSc1ccc2c(c1)C(O)Cc1cc(C)ccc1S2. The molecule has 2 aromatic rings. The summed E-state index contributed by atoms with van der Waals surface area (Å²) in [4.78, 5) is 3.65. The second-order valence-electron chi connectivity index (χ2n) is 4.84. The lowest BCUT2D eigenvalue weighted by atomic mass is 10.0. The second-order valence-corrected chi connectivity index (χ2v) is 6.80. The molecule has 0 bridgehead atoms. The molecule has 19 heavy (non-hydrogen) atoms. The molecule has 0 saturated carbocycles. The van der Waals surface area contributed by atoms with Gasteiger partial charge in [-0.05, 0) is 48.6 Å². The lowest BCUT2D eigenvalue weighted by Gasteiger charge is -2.12. The Balaban J connectivity index is 2.09. The van der Waals surface area contributed by atoms with Crippen molar-refractivity contribution in [2.75, 3.05) is 6.26 Å². The first-order valence-electron chi connectivity index (χ1n) is 6.31. The Labute approximate surface area is 122 Å². The van der Waals surface area contributed by atoms with Gasteiger partial charge >= 0.3 is 0 Å². The van der Waals surface area contributed by atoms with Crippen LogP contribution in [0, 0.1) is 6.92 Å². The van der Waals surface area contributed by atoms with Crippen molar-refractivity contribution in [2.24, 2.45) is 0 Å². The van der Waals surface area contributed by atoms with E-state index in [-0.39, 0.29) is 0 Å². The quantitative estimate of drug-likeness (QED) is 0.783. The van der Waals surface area contributed by atoms with Gasteiger partial charge in [-0.2, -0.15) is 0 Å². The summed E-state index contributed by atoms with van der Waals surface area (Å²) in [5.41, 5.74) is 3.56. The zero-order valence-electron chi connectivity index (χ0n) is 11.0. The first kappa shape index (κ1) is 13.1. The van der Waals surface area contributed by atoms with Crippen LogP contribution in [0.5, 0.6) is 0 Å². The normalized spacial score (nSPS) is 17.5. The van der Waals surface area contributed by atoms with E-state index in [2.05, 4.69) is 49.6 Å². The fourth-order valence-corrected chi connectivity index (χ4v) is 3.96. The van der Waals surface area contributed by atoms with Crippen LogP contribution in [0.2, 0.25) is 0 Å². The molecule has 1 atom stereocenters. The maximum absolute atomic E-state index is 10.5. The summed E-state index contributed by atoms with van der Waals surface area (Å²) in [6, 6.07) is 12.9. The molecule has 1 heterocycles. The Morgan fingerprint density at radius 3 is 2.74 bits per heavy atom. The highest BCUT2D eigenvalue weighted by atomic mass is 32.2. The van der Waals surface area contributed by atoms with Crippen LogP contribution in [0.3, 0.4) is 0 Å². The standard InChI is InChI=1S/C16H16OS2/c1-10-3-5-15-11(7-10)8-14(17)13-9-12(18-2)4-6-16(13)19-15/h3-7,9,14,17H,8H2,1-2H3. The van der Waals surface area contributed by atoms with Gasteiger partial charge in [0.2, 0.25) is 0 Å². The third kappa shape index (κ3) is 2.55. The van der Waals surface area contributed by atoms with E-state index in [4.69, 9.17) is 0 Å². The predicted octanol–water partition coefficient (Wildman–Crippen LogP) is 4.46. The molecule has 1 N–H and O–H groups in total. The molecule has 3 heteroatoms. The Morgan fingerprint density at radius 1 is 1.16 bits per heavy atom. The van der Waals surface area contributed by atoms with Crippen molar-refractivity contribution in [1.82, 2.24) is 0 Å². The fraction of sp³-hybridized carbons (Fsp3) is 0.250. The minimum atomic E-state index is -0.405. The molecule has 1 nitrogen and oxygen atoms in total. The van der Waals surface area contributed by atoms with Gasteiger partial charge in [-0.3, -0.25) is 0 Å². The number of rotatable bonds is 1. The number of aryl methyl sites for hydroxylation is 1. The third-order valence-corrected chi connectivity index (χ3v) is 5.36. The average Bonchev–Trinajstić information content (AvgIpc) is 2.54. The largest absolute Gasteiger partial charge is 0.388 e. The molecule has 0 radical (unpaired) electrons. The van der Waals surface area contributed by atoms with Gasteiger partial charge in [0.25, 0.3) is 0 Å². The number of benzene rings is 2. The van der Waals surface area contributed by atoms with E-state index in [1.807, 2.05) is 0 Å². The van der Waals surface area contributed by atoms with Crippen molar-refractivity contribution in [3.8, 4) is 0 Å². The van der Waals surface area contributed by atoms with Crippen LogP contribution in [0.4, 0.5) is 0 Å². The molecule has 1 aliphatic heterocycles. The molecule has 1 aliphatic rings. The summed E-state index contributed by atoms with van der Waals surface area (Å²) in [6.45, 7) is 2.10. The highest BCUT2D eigenvalue weighted by Crippen LogP contribution is 2.42. The number of aliphatic hydroxyl groups is 1. The molecule has 3 rings (SSSR count). The molecule has 0 aliphatic carbocycles. The van der Waals surface area contributed by atoms with Crippen molar-refractivity contribution in [3.63, 3.8) is 0 Å². The monoisotopic (exact) mass is 288 g/mol. The van der Waals surface area contributed by atoms with E-state index in [9.17, 15) is 5.11 Å². The molecule has 0 amide bonds. The van der Waals surface area contributed by atoms with Crippen molar-refractivity contribution in [3.05, 3.63) is 53.1 Å². The summed E-state index contributed by atoms with van der Waals surface area (Å²) in [7, 11) is 0. The van der Waals surface area contributed by atoms with Gasteiger partial charge < -0.3 is 5.11 Å². The predicted molar refractivity (Wildman–Crippen MR) is 82.2 cm³/mol. The number of thioether (sulfide) groups is 1. The Kier molecular flexibility index (Phi) is 3.61. The molecule has 1 unspecified atom stereocenters. The molecular formula is C16H16OS2. The first-order chi connectivity index (χ1) is 9.17. The van der Waals surface area contributed by atoms with Crippen LogP contribution in [-0.2, 0) is 6.42 Å². The van der Waals surface area contributed by atoms with E-state index >= 15 is 0 Å². The fourth-order valence-electron chi connectivity index (χ4n) is 2.41. The Hall–Kier alpha value is -0.900. The van der Waals surface area contributed by atoms with Crippen molar-refractivity contribution < 1.29 is 5.11 Å². The minimum absolute atomic E-state index is 0.405. The summed E-state index contributed by atoms with van der Waals surface area (Å²) < 4.78 is 0. The molecule has 0 spiro atoms. The third-order valence-electron chi connectivity index (χ3n) is 3.43. The van der Waals surface area contributed by atoms with E-state index in [0.717, 1.165) is 5.56 Å². The molecule has 0 aromatic heterocycles. The number of fused-ring (bicyclic) bond motifs is 2. The average molecular weight is 288 g/mol. The van der Waals surface area contributed by atoms with Gasteiger partial charge in [-0.1, -0.05) is 29.5 Å². The number of aliphatic hydroxyl groups excluding tert-OH is 1. The van der Waals surface area contributed by atoms with Crippen LogP contribution in [-0.4, -0.2) is 11.4 Å². The van der Waals surface area contributed by atoms with Crippen LogP contribution < -0.4 is 0 Å². The van der Waals surface area contributed by atoms with E-state index < -0.39 is 6.10 Å². The Bertz CT molecular complexity index is 622. The van der Waals surface area contributed by atoms with E-state index in [0.29, 0.717) is 6.42 Å². The van der Waals surface area contributed by atoms with Gasteiger partial charge in [0, 0.05) is 21.1 Å². The molecule has 2 aromatic carbocycles. The topological polar surface area (TPSA) is 20.2 Å². The highest BCUT2D eigenvalue weighted by molar-refractivity contribution is 7.99. The van der Waals surface area contributed by atoms with Crippen LogP contribution in [0.25, 0.3) is 0 Å². The summed E-state index contributed by atoms with van der Waals surface area (Å²) in [5, 5.41) is 10.5. The zero-order valence-corrected chi connectivity index (χ0v) is 12.6. The van der Waals surface area contributed by atoms with Crippen LogP contribution in [0.1, 0.15) is 22.8 Å². The van der Waals surface area contributed by atoms with Crippen LogP contribution in [0.15, 0.2) is 51.1 Å². The second kappa shape index (κ2) is 5.23. The lowest BCUT2D eigenvalue weighted by Crippen LogP contribution is -2.01. The smallest absolute Gasteiger partial charge is 0.0842 e. The lowest BCUT2D eigenvalue weighted by molar-refractivity contribution is 0.175.